The van der Waals surface area contributed by atoms with Crippen LogP contribution in [0.4, 0.5) is 11.4 Å². The molecule has 0 spiro atoms. The van der Waals surface area contributed by atoms with Crippen LogP contribution in [0.25, 0.3) is 0 Å². The monoisotopic (exact) mass is 382 g/mol. The van der Waals surface area contributed by atoms with Crippen LogP contribution in [0.15, 0.2) is 47.4 Å². The first-order valence-corrected chi connectivity index (χ1v) is 9.91. The highest BCUT2D eigenvalue weighted by Gasteiger charge is 2.20. The molecule has 136 valence electrons. The predicted molar refractivity (Wildman–Crippen MR) is 103 cm³/mol. The van der Waals surface area contributed by atoms with Gasteiger partial charge in [0.1, 0.15) is 10.6 Å². The Labute approximate surface area is 154 Å². The van der Waals surface area contributed by atoms with Crippen molar-refractivity contribution in [1.29, 1.82) is 0 Å². The van der Waals surface area contributed by atoms with E-state index in [1.165, 1.54) is 19.2 Å². The van der Waals surface area contributed by atoms with Crippen molar-refractivity contribution in [2.75, 3.05) is 30.3 Å². The quantitative estimate of drug-likeness (QED) is 0.735. The molecule has 2 rings (SSSR count). The fourth-order valence-corrected chi connectivity index (χ4v) is 3.87. The lowest BCUT2D eigenvalue weighted by Gasteiger charge is -2.19. The first kappa shape index (κ1) is 19.4. The van der Waals surface area contributed by atoms with Gasteiger partial charge in [-0.15, -0.1) is 0 Å². The summed E-state index contributed by atoms with van der Waals surface area (Å²) in [6.45, 7) is 3.11. The molecular formula is C18H23ClN2O3S. The van der Waals surface area contributed by atoms with Crippen LogP contribution in [0.3, 0.4) is 0 Å². The van der Waals surface area contributed by atoms with E-state index in [1.54, 1.807) is 18.2 Å². The third-order valence-electron chi connectivity index (χ3n) is 3.82. The van der Waals surface area contributed by atoms with Crippen molar-refractivity contribution in [3.8, 4) is 5.75 Å². The van der Waals surface area contributed by atoms with Crippen molar-refractivity contribution in [3.63, 3.8) is 0 Å². The molecule has 0 radical (unpaired) electrons. The van der Waals surface area contributed by atoms with Gasteiger partial charge in [-0.3, -0.25) is 4.72 Å². The number of anilines is 2. The van der Waals surface area contributed by atoms with E-state index in [9.17, 15) is 8.42 Å². The zero-order chi connectivity index (χ0) is 18.4. The Balaban J connectivity index is 2.20. The van der Waals surface area contributed by atoms with Gasteiger partial charge in [0.05, 0.1) is 7.11 Å². The zero-order valence-corrected chi connectivity index (χ0v) is 16.2. The van der Waals surface area contributed by atoms with E-state index in [-0.39, 0.29) is 10.6 Å². The summed E-state index contributed by atoms with van der Waals surface area (Å²) in [6.07, 6.45) is 2.24. The molecule has 25 heavy (non-hydrogen) atoms. The number of ether oxygens (including phenoxy) is 1. The minimum Gasteiger partial charge on any atom is -0.495 e. The van der Waals surface area contributed by atoms with Gasteiger partial charge in [0.25, 0.3) is 10.0 Å². The van der Waals surface area contributed by atoms with Crippen molar-refractivity contribution in [1.82, 2.24) is 0 Å². The maximum atomic E-state index is 12.6. The molecule has 0 bridgehead atoms. The lowest BCUT2D eigenvalue weighted by Crippen LogP contribution is -2.18. The van der Waals surface area contributed by atoms with Gasteiger partial charge in [0, 0.05) is 30.0 Å². The SMILES string of the molecule is CCCCN(C)c1ccc(NS(=O)(=O)c2cc(Cl)ccc2OC)cc1. The lowest BCUT2D eigenvalue weighted by atomic mass is 10.2. The van der Waals surface area contributed by atoms with Gasteiger partial charge < -0.3 is 9.64 Å². The summed E-state index contributed by atoms with van der Waals surface area (Å²) >= 11 is 5.93. The predicted octanol–water partition coefficient (Wildman–Crippen LogP) is 4.39. The van der Waals surface area contributed by atoms with E-state index in [1.807, 2.05) is 19.2 Å². The number of rotatable bonds is 8. The maximum absolute atomic E-state index is 12.6. The molecule has 0 aromatic heterocycles. The minimum absolute atomic E-state index is 0.00615. The normalized spacial score (nSPS) is 11.2. The number of unbranched alkanes of at least 4 members (excludes halogenated alkanes) is 1. The van der Waals surface area contributed by atoms with E-state index < -0.39 is 10.0 Å². The Morgan fingerprint density at radius 3 is 2.44 bits per heavy atom. The van der Waals surface area contributed by atoms with Gasteiger partial charge in [-0.05, 0) is 48.9 Å². The Morgan fingerprint density at radius 2 is 1.84 bits per heavy atom. The maximum Gasteiger partial charge on any atom is 0.265 e. The summed E-state index contributed by atoms with van der Waals surface area (Å²) in [4.78, 5) is 2.15. The average Bonchev–Trinajstić information content (AvgIpc) is 2.60. The number of hydrogen-bond donors (Lipinski definition) is 1. The van der Waals surface area contributed by atoms with Gasteiger partial charge in [0.2, 0.25) is 0 Å². The summed E-state index contributed by atoms with van der Waals surface area (Å²) in [5.74, 6) is 0.243. The molecular weight excluding hydrogens is 360 g/mol. The van der Waals surface area contributed by atoms with E-state index >= 15 is 0 Å². The largest absolute Gasteiger partial charge is 0.495 e. The number of nitrogens with zero attached hydrogens (tertiary/aromatic N) is 1. The molecule has 2 aromatic carbocycles. The first-order chi connectivity index (χ1) is 11.9. The molecule has 1 N–H and O–H groups in total. The second kappa shape index (κ2) is 8.45. The molecule has 0 aliphatic carbocycles. The molecule has 0 unspecified atom stereocenters. The van der Waals surface area contributed by atoms with Gasteiger partial charge in [-0.1, -0.05) is 24.9 Å². The lowest BCUT2D eigenvalue weighted by molar-refractivity contribution is 0.403. The highest BCUT2D eigenvalue weighted by Crippen LogP contribution is 2.29. The number of methoxy groups -OCH3 is 1. The smallest absolute Gasteiger partial charge is 0.265 e. The van der Waals surface area contributed by atoms with Crippen LogP contribution in [0.2, 0.25) is 5.02 Å². The van der Waals surface area contributed by atoms with Crippen molar-refractivity contribution >= 4 is 33.0 Å². The molecule has 0 saturated carbocycles. The third-order valence-corrected chi connectivity index (χ3v) is 5.46. The zero-order valence-electron chi connectivity index (χ0n) is 14.6. The molecule has 0 amide bonds. The van der Waals surface area contributed by atoms with Crippen LogP contribution in [0.1, 0.15) is 19.8 Å². The highest BCUT2D eigenvalue weighted by molar-refractivity contribution is 7.92. The summed E-state index contributed by atoms with van der Waals surface area (Å²) in [7, 11) is -0.360. The molecule has 0 atom stereocenters. The van der Waals surface area contributed by atoms with Crippen molar-refractivity contribution in [2.24, 2.45) is 0 Å². The number of halogens is 1. The van der Waals surface area contributed by atoms with Crippen LogP contribution >= 0.6 is 11.6 Å². The highest BCUT2D eigenvalue weighted by atomic mass is 35.5. The third kappa shape index (κ3) is 5.03. The number of benzene rings is 2. The van der Waals surface area contributed by atoms with Crippen LogP contribution in [0.5, 0.6) is 5.75 Å². The van der Waals surface area contributed by atoms with Crippen LogP contribution in [-0.2, 0) is 10.0 Å². The molecule has 0 heterocycles. The standard InChI is InChI=1S/C18H23ClN2O3S/c1-4-5-12-21(2)16-9-7-15(8-10-16)20-25(22,23)18-13-14(19)6-11-17(18)24-3/h6-11,13,20H,4-5,12H2,1-3H3. The second-order valence-corrected chi connectivity index (χ2v) is 7.81. The second-order valence-electron chi connectivity index (χ2n) is 5.72. The molecule has 0 aliphatic rings. The summed E-state index contributed by atoms with van der Waals surface area (Å²) < 4.78 is 33.0. The van der Waals surface area contributed by atoms with Gasteiger partial charge >= 0.3 is 0 Å². The average molecular weight is 383 g/mol. The summed E-state index contributed by atoms with van der Waals surface area (Å²) in [5, 5.41) is 0.328. The van der Waals surface area contributed by atoms with Crippen LogP contribution in [0, 0.1) is 0 Å². The molecule has 0 aliphatic heterocycles. The Morgan fingerprint density at radius 1 is 1.16 bits per heavy atom. The number of nitrogens with one attached hydrogen (secondary N) is 1. The van der Waals surface area contributed by atoms with E-state index in [0.29, 0.717) is 10.7 Å². The van der Waals surface area contributed by atoms with E-state index in [4.69, 9.17) is 16.3 Å². The van der Waals surface area contributed by atoms with E-state index in [2.05, 4.69) is 16.5 Å². The van der Waals surface area contributed by atoms with Gasteiger partial charge in [-0.2, -0.15) is 0 Å². The molecule has 7 heteroatoms. The van der Waals surface area contributed by atoms with E-state index in [0.717, 1.165) is 25.1 Å². The molecule has 5 nitrogen and oxygen atoms in total. The fraction of sp³-hybridized carbons (Fsp3) is 0.333. The van der Waals surface area contributed by atoms with Crippen LogP contribution in [-0.4, -0.2) is 29.1 Å². The summed E-state index contributed by atoms with van der Waals surface area (Å²) in [6, 6.07) is 11.8. The van der Waals surface area contributed by atoms with Crippen molar-refractivity contribution in [2.45, 2.75) is 24.7 Å². The molecule has 0 fully saturated rings. The van der Waals surface area contributed by atoms with Gasteiger partial charge in [-0.25, -0.2) is 8.42 Å². The first-order valence-electron chi connectivity index (χ1n) is 8.05. The Hall–Kier alpha value is -1.92. The van der Waals surface area contributed by atoms with Crippen LogP contribution < -0.4 is 14.4 Å². The minimum atomic E-state index is -3.80. The molecule has 2 aromatic rings. The topological polar surface area (TPSA) is 58.6 Å². The number of sulfonamides is 1. The number of hydrogen-bond acceptors (Lipinski definition) is 4. The van der Waals surface area contributed by atoms with Crippen molar-refractivity contribution < 1.29 is 13.2 Å². The van der Waals surface area contributed by atoms with Gasteiger partial charge in [0.15, 0.2) is 0 Å². The van der Waals surface area contributed by atoms with Crippen molar-refractivity contribution in [3.05, 3.63) is 47.5 Å². The fourth-order valence-electron chi connectivity index (χ4n) is 2.38. The Kier molecular flexibility index (Phi) is 6.56. The summed E-state index contributed by atoms with van der Waals surface area (Å²) in [5.41, 5.74) is 1.52. The Bertz CT molecular complexity index is 808. The molecule has 0 saturated heterocycles.